The van der Waals surface area contributed by atoms with Gasteiger partial charge in [-0.3, -0.25) is 4.79 Å². The van der Waals surface area contributed by atoms with Crippen LogP contribution in [-0.4, -0.2) is 37.9 Å². The van der Waals surface area contributed by atoms with E-state index in [0.717, 1.165) is 32.5 Å². The van der Waals surface area contributed by atoms with Gasteiger partial charge in [-0.15, -0.1) is 0 Å². The molecular formula is C11H20N2O3. The zero-order valence-electron chi connectivity index (χ0n) is 9.48. The van der Waals surface area contributed by atoms with Gasteiger partial charge in [0.15, 0.2) is 0 Å². The van der Waals surface area contributed by atoms with Crippen LogP contribution in [0.3, 0.4) is 0 Å². The summed E-state index contributed by atoms with van der Waals surface area (Å²) >= 11 is 0. The van der Waals surface area contributed by atoms with Gasteiger partial charge in [-0.2, -0.15) is 0 Å². The molecule has 0 bridgehead atoms. The lowest BCUT2D eigenvalue weighted by Crippen LogP contribution is -2.57. The van der Waals surface area contributed by atoms with Gasteiger partial charge >= 0.3 is 0 Å². The van der Waals surface area contributed by atoms with Crippen LogP contribution in [0.4, 0.5) is 0 Å². The molecule has 0 spiro atoms. The second kappa shape index (κ2) is 4.69. The van der Waals surface area contributed by atoms with Gasteiger partial charge in [0.2, 0.25) is 5.91 Å². The minimum atomic E-state index is -0.959. The molecule has 1 saturated carbocycles. The van der Waals surface area contributed by atoms with E-state index < -0.39 is 11.4 Å². The van der Waals surface area contributed by atoms with E-state index in [4.69, 9.17) is 20.9 Å². The molecule has 2 aliphatic rings. The molecule has 0 aromatic rings. The Hall–Kier alpha value is -0.650. The van der Waals surface area contributed by atoms with Crippen molar-refractivity contribution in [3.8, 4) is 0 Å². The summed E-state index contributed by atoms with van der Waals surface area (Å²) in [6, 6.07) is 0. The Kier molecular flexibility index (Phi) is 3.47. The van der Waals surface area contributed by atoms with Gasteiger partial charge in [0.05, 0.1) is 19.8 Å². The van der Waals surface area contributed by atoms with Crippen LogP contribution >= 0.6 is 0 Å². The highest BCUT2D eigenvalue weighted by molar-refractivity contribution is 5.85. The molecule has 16 heavy (non-hydrogen) atoms. The van der Waals surface area contributed by atoms with Crippen molar-refractivity contribution in [3.63, 3.8) is 0 Å². The number of carbonyl (C=O) groups excluding carboxylic acids is 1. The lowest BCUT2D eigenvalue weighted by molar-refractivity contribution is -0.126. The molecule has 0 radical (unpaired) electrons. The molecule has 2 unspecified atom stereocenters. The third kappa shape index (κ3) is 2.53. The second-order valence-electron chi connectivity index (χ2n) is 4.92. The Morgan fingerprint density at radius 2 is 2.19 bits per heavy atom. The standard InChI is InChI=1S/C11H20N2O3/c12-10(14)11(13,9-1-2-9)7-16-6-8-3-4-15-5-8/h8-9H,1-7,13H2,(H2,12,14). The first-order valence-corrected chi connectivity index (χ1v) is 5.87. The number of primary amides is 1. The second-order valence-corrected chi connectivity index (χ2v) is 4.92. The summed E-state index contributed by atoms with van der Waals surface area (Å²) in [5, 5.41) is 0. The van der Waals surface area contributed by atoms with E-state index in [2.05, 4.69) is 0 Å². The lowest BCUT2D eigenvalue weighted by Gasteiger charge is -2.26. The van der Waals surface area contributed by atoms with Crippen LogP contribution in [0.1, 0.15) is 19.3 Å². The fourth-order valence-corrected chi connectivity index (χ4v) is 2.10. The molecule has 1 aliphatic heterocycles. The maximum Gasteiger partial charge on any atom is 0.240 e. The SMILES string of the molecule is NC(=O)C(N)(COCC1CCOC1)C1CC1. The predicted molar refractivity (Wildman–Crippen MR) is 58.6 cm³/mol. The average molecular weight is 228 g/mol. The summed E-state index contributed by atoms with van der Waals surface area (Å²) < 4.78 is 10.8. The molecule has 5 heteroatoms. The predicted octanol–water partition coefficient (Wildman–Crippen LogP) is -0.368. The Labute approximate surface area is 95.4 Å². The molecule has 2 fully saturated rings. The van der Waals surface area contributed by atoms with E-state index in [1.54, 1.807) is 0 Å². The highest BCUT2D eigenvalue weighted by Gasteiger charge is 2.47. The lowest BCUT2D eigenvalue weighted by atomic mass is 9.95. The smallest absolute Gasteiger partial charge is 0.240 e. The highest BCUT2D eigenvalue weighted by Crippen LogP contribution is 2.38. The van der Waals surface area contributed by atoms with E-state index in [0.29, 0.717) is 12.5 Å². The zero-order chi connectivity index (χ0) is 11.6. The number of amides is 1. The van der Waals surface area contributed by atoms with Crippen molar-refractivity contribution in [1.29, 1.82) is 0 Å². The van der Waals surface area contributed by atoms with Crippen molar-refractivity contribution in [3.05, 3.63) is 0 Å². The van der Waals surface area contributed by atoms with Crippen LogP contribution in [0.15, 0.2) is 0 Å². The Balaban J connectivity index is 1.75. The monoisotopic (exact) mass is 228 g/mol. The maximum absolute atomic E-state index is 11.3. The van der Waals surface area contributed by atoms with Crippen molar-refractivity contribution < 1.29 is 14.3 Å². The first-order valence-electron chi connectivity index (χ1n) is 5.87. The minimum Gasteiger partial charge on any atom is -0.381 e. The summed E-state index contributed by atoms with van der Waals surface area (Å²) in [4.78, 5) is 11.3. The Bertz CT molecular complexity index is 262. The van der Waals surface area contributed by atoms with E-state index in [9.17, 15) is 4.79 Å². The third-order valence-corrected chi connectivity index (χ3v) is 3.48. The first kappa shape index (κ1) is 11.8. The normalized spacial score (nSPS) is 28.9. The van der Waals surface area contributed by atoms with E-state index >= 15 is 0 Å². The molecule has 1 aliphatic carbocycles. The van der Waals surface area contributed by atoms with Crippen LogP contribution in [0.5, 0.6) is 0 Å². The molecule has 2 rings (SSSR count). The van der Waals surface area contributed by atoms with Gasteiger partial charge in [-0.25, -0.2) is 0 Å². The number of nitrogens with two attached hydrogens (primary N) is 2. The van der Waals surface area contributed by atoms with Gasteiger partial charge < -0.3 is 20.9 Å². The molecule has 0 aromatic heterocycles. The van der Waals surface area contributed by atoms with E-state index in [1.807, 2.05) is 0 Å². The van der Waals surface area contributed by atoms with Crippen molar-refractivity contribution in [1.82, 2.24) is 0 Å². The van der Waals surface area contributed by atoms with Gasteiger partial charge in [0.25, 0.3) is 0 Å². The topological polar surface area (TPSA) is 87.6 Å². The molecule has 2 atom stereocenters. The molecule has 92 valence electrons. The molecule has 5 nitrogen and oxygen atoms in total. The van der Waals surface area contributed by atoms with E-state index in [-0.39, 0.29) is 12.5 Å². The summed E-state index contributed by atoms with van der Waals surface area (Å²) in [6.45, 7) is 2.40. The molecule has 4 N–H and O–H groups in total. The molecular weight excluding hydrogens is 208 g/mol. The van der Waals surface area contributed by atoms with Crippen LogP contribution in [0.25, 0.3) is 0 Å². The highest BCUT2D eigenvalue weighted by atomic mass is 16.5. The Morgan fingerprint density at radius 3 is 2.69 bits per heavy atom. The van der Waals surface area contributed by atoms with Gasteiger partial charge in [0.1, 0.15) is 5.54 Å². The molecule has 1 amide bonds. The van der Waals surface area contributed by atoms with Gasteiger partial charge in [-0.1, -0.05) is 0 Å². The number of rotatable bonds is 6. The van der Waals surface area contributed by atoms with Crippen LogP contribution in [0.2, 0.25) is 0 Å². The van der Waals surface area contributed by atoms with Crippen LogP contribution in [0, 0.1) is 11.8 Å². The van der Waals surface area contributed by atoms with Crippen molar-refractivity contribution >= 4 is 5.91 Å². The fraction of sp³-hybridized carbons (Fsp3) is 0.909. The minimum absolute atomic E-state index is 0.213. The number of hydrogen-bond acceptors (Lipinski definition) is 4. The van der Waals surface area contributed by atoms with Crippen LogP contribution in [-0.2, 0) is 14.3 Å². The average Bonchev–Trinajstić information content (AvgIpc) is 2.98. The molecule has 1 heterocycles. The van der Waals surface area contributed by atoms with Crippen LogP contribution < -0.4 is 11.5 Å². The first-order chi connectivity index (χ1) is 7.63. The number of carbonyl (C=O) groups is 1. The summed E-state index contributed by atoms with van der Waals surface area (Å²) in [7, 11) is 0. The summed E-state index contributed by atoms with van der Waals surface area (Å²) in [6.07, 6.45) is 2.99. The van der Waals surface area contributed by atoms with E-state index in [1.165, 1.54) is 0 Å². The number of hydrogen-bond donors (Lipinski definition) is 2. The maximum atomic E-state index is 11.3. The van der Waals surface area contributed by atoms with Gasteiger partial charge in [-0.05, 0) is 25.2 Å². The quantitative estimate of drug-likeness (QED) is 0.649. The fourth-order valence-electron chi connectivity index (χ4n) is 2.10. The molecule has 0 aromatic carbocycles. The molecule has 1 saturated heterocycles. The summed E-state index contributed by atoms with van der Waals surface area (Å²) in [5.41, 5.74) is 10.4. The number of ether oxygens (including phenoxy) is 2. The van der Waals surface area contributed by atoms with Crippen molar-refractivity contribution in [2.45, 2.75) is 24.8 Å². The Morgan fingerprint density at radius 1 is 1.44 bits per heavy atom. The zero-order valence-corrected chi connectivity index (χ0v) is 9.48. The van der Waals surface area contributed by atoms with Crippen molar-refractivity contribution in [2.24, 2.45) is 23.3 Å². The van der Waals surface area contributed by atoms with Crippen molar-refractivity contribution in [2.75, 3.05) is 26.4 Å². The third-order valence-electron chi connectivity index (χ3n) is 3.48. The summed E-state index contributed by atoms with van der Waals surface area (Å²) in [5.74, 6) is 0.207. The van der Waals surface area contributed by atoms with Gasteiger partial charge in [0, 0.05) is 12.5 Å². The largest absolute Gasteiger partial charge is 0.381 e.